The molecule has 1 aliphatic heterocycles. The number of rotatable bonds is 4. The number of nitrogens with zero attached hydrogens (tertiary/aromatic N) is 2. The number of hydrogen-bond acceptors (Lipinski definition) is 3. The molecule has 1 saturated heterocycles. The number of benzene rings is 1. The van der Waals surface area contributed by atoms with Crippen molar-refractivity contribution in [2.45, 2.75) is 17.7 Å². The van der Waals surface area contributed by atoms with Gasteiger partial charge < -0.3 is 10.2 Å². The fourth-order valence-corrected chi connectivity index (χ4v) is 3.60. The summed E-state index contributed by atoms with van der Waals surface area (Å²) in [7, 11) is -1.58. The highest BCUT2D eigenvalue weighted by Crippen LogP contribution is 2.15. The third-order valence-corrected chi connectivity index (χ3v) is 5.43. The van der Waals surface area contributed by atoms with Crippen LogP contribution in [0.1, 0.15) is 12.8 Å². The van der Waals surface area contributed by atoms with Gasteiger partial charge in [0.25, 0.3) is 0 Å². The quantitative estimate of drug-likeness (QED) is 0.675. The van der Waals surface area contributed by atoms with E-state index in [1.165, 1.54) is 12.1 Å². The molecule has 5 nitrogen and oxygen atoms in total. The SMILES string of the molecule is CN=C(NCCS(=O)(=O)c1ccc(Cl)cc1)N1CCCC1. The number of hydrogen-bond donors (Lipinski definition) is 1. The molecule has 7 heteroatoms. The van der Waals surface area contributed by atoms with Crippen LogP contribution in [0.15, 0.2) is 34.2 Å². The average molecular weight is 330 g/mol. The first kappa shape index (κ1) is 16.1. The zero-order chi connectivity index (χ0) is 15.3. The Labute approximate surface area is 130 Å². The van der Waals surface area contributed by atoms with E-state index in [1.807, 2.05) is 0 Å². The molecule has 0 spiro atoms. The molecule has 0 saturated carbocycles. The minimum atomic E-state index is -3.30. The largest absolute Gasteiger partial charge is 0.355 e. The first-order valence-corrected chi connectivity index (χ1v) is 9.00. The highest BCUT2D eigenvalue weighted by Gasteiger charge is 2.17. The first-order valence-electron chi connectivity index (χ1n) is 6.97. The predicted molar refractivity (Wildman–Crippen MR) is 85.7 cm³/mol. The van der Waals surface area contributed by atoms with E-state index >= 15 is 0 Å². The summed E-state index contributed by atoms with van der Waals surface area (Å²) in [5, 5.41) is 3.65. The molecule has 1 heterocycles. The maximum Gasteiger partial charge on any atom is 0.193 e. The van der Waals surface area contributed by atoms with E-state index in [4.69, 9.17) is 11.6 Å². The Balaban J connectivity index is 1.91. The van der Waals surface area contributed by atoms with E-state index in [2.05, 4.69) is 15.2 Å². The van der Waals surface area contributed by atoms with E-state index < -0.39 is 9.84 Å². The summed E-state index contributed by atoms with van der Waals surface area (Å²) in [6.45, 7) is 2.29. The molecule has 2 rings (SSSR count). The molecule has 1 N–H and O–H groups in total. The average Bonchev–Trinajstić information content (AvgIpc) is 2.98. The minimum Gasteiger partial charge on any atom is -0.355 e. The van der Waals surface area contributed by atoms with Gasteiger partial charge in [-0.15, -0.1) is 0 Å². The summed E-state index contributed by atoms with van der Waals surface area (Å²) < 4.78 is 24.4. The van der Waals surface area contributed by atoms with E-state index in [0.29, 0.717) is 16.5 Å². The van der Waals surface area contributed by atoms with Crippen LogP contribution in [0.5, 0.6) is 0 Å². The lowest BCUT2D eigenvalue weighted by molar-refractivity contribution is 0.496. The van der Waals surface area contributed by atoms with Crippen LogP contribution in [0.4, 0.5) is 0 Å². The van der Waals surface area contributed by atoms with Gasteiger partial charge in [0.15, 0.2) is 15.8 Å². The second-order valence-electron chi connectivity index (χ2n) is 4.94. The van der Waals surface area contributed by atoms with Gasteiger partial charge in [-0.3, -0.25) is 4.99 Å². The number of likely N-dealkylation sites (tertiary alicyclic amines) is 1. The Morgan fingerprint density at radius 1 is 1.29 bits per heavy atom. The topological polar surface area (TPSA) is 61.8 Å². The summed E-state index contributed by atoms with van der Waals surface area (Å²) in [5.74, 6) is 0.806. The van der Waals surface area contributed by atoms with Gasteiger partial charge in [-0.25, -0.2) is 8.42 Å². The Kier molecular flexibility index (Phi) is 5.47. The fraction of sp³-hybridized carbons (Fsp3) is 0.500. The van der Waals surface area contributed by atoms with Gasteiger partial charge in [-0.2, -0.15) is 0 Å². The van der Waals surface area contributed by atoms with Crippen LogP contribution < -0.4 is 5.32 Å². The molecule has 0 atom stereocenters. The standard InChI is InChI=1S/C14H20ClN3O2S/c1-16-14(18-9-2-3-10-18)17-8-11-21(19,20)13-6-4-12(15)5-7-13/h4-7H,2-3,8-11H2,1H3,(H,16,17). The molecule has 21 heavy (non-hydrogen) atoms. The number of sulfone groups is 1. The van der Waals surface area contributed by atoms with Crippen LogP contribution >= 0.6 is 11.6 Å². The molecule has 1 aliphatic rings. The van der Waals surface area contributed by atoms with Crippen LogP contribution in [0.25, 0.3) is 0 Å². The van der Waals surface area contributed by atoms with Gasteiger partial charge >= 0.3 is 0 Å². The maximum absolute atomic E-state index is 12.2. The predicted octanol–water partition coefficient (Wildman–Crippen LogP) is 1.78. The van der Waals surface area contributed by atoms with Crippen LogP contribution in [-0.4, -0.2) is 51.7 Å². The second-order valence-corrected chi connectivity index (χ2v) is 7.49. The van der Waals surface area contributed by atoms with Crippen LogP contribution in [-0.2, 0) is 9.84 Å². The summed E-state index contributed by atoms with van der Waals surface area (Å²) in [5.41, 5.74) is 0. The van der Waals surface area contributed by atoms with Crippen molar-refractivity contribution in [2.24, 2.45) is 4.99 Å². The van der Waals surface area contributed by atoms with E-state index in [0.717, 1.165) is 31.9 Å². The van der Waals surface area contributed by atoms with E-state index in [9.17, 15) is 8.42 Å². The van der Waals surface area contributed by atoms with Crippen molar-refractivity contribution in [3.63, 3.8) is 0 Å². The molecular formula is C14H20ClN3O2S. The number of guanidine groups is 1. The van der Waals surface area contributed by atoms with Crippen molar-refractivity contribution >= 4 is 27.4 Å². The van der Waals surface area contributed by atoms with Crippen molar-refractivity contribution in [3.05, 3.63) is 29.3 Å². The van der Waals surface area contributed by atoms with Crippen molar-refractivity contribution in [1.29, 1.82) is 0 Å². The summed E-state index contributed by atoms with van der Waals surface area (Å²) in [4.78, 5) is 6.64. The smallest absolute Gasteiger partial charge is 0.193 e. The third-order valence-electron chi connectivity index (χ3n) is 3.44. The van der Waals surface area contributed by atoms with Gasteiger partial charge in [-0.05, 0) is 37.1 Å². The van der Waals surface area contributed by atoms with Crippen LogP contribution in [0.2, 0.25) is 5.02 Å². The van der Waals surface area contributed by atoms with Crippen molar-refractivity contribution in [2.75, 3.05) is 32.4 Å². The van der Waals surface area contributed by atoms with E-state index in [1.54, 1.807) is 19.2 Å². The monoisotopic (exact) mass is 329 g/mol. The van der Waals surface area contributed by atoms with Gasteiger partial charge in [0.1, 0.15) is 0 Å². The Hall–Kier alpha value is -1.27. The molecule has 0 bridgehead atoms. The van der Waals surface area contributed by atoms with Crippen molar-refractivity contribution in [3.8, 4) is 0 Å². The molecule has 1 fully saturated rings. The van der Waals surface area contributed by atoms with E-state index in [-0.39, 0.29) is 5.75 Å². The summed E-state index contributed by atoms with van der Waals surface area (Å²) in [6.07, 6.45) is 2.31. The Morgan fingerprint density at radius 3 is 2.48 bits per heavy atom. The lowest BCUT2D eigenvalue weighted by atomic mass is 10.4. The molecule has 0 aromatic heterocycles. The maximum atomic E-state index is 12.2. The molecule has 116 valence electrons. The van der Waals surface area contributed by atoms with Gasteiger partial charge in [0.05, 0.1) is 10.6 Å². The van der Waals surface area contributed by atoms with Crippen molar-refractivity contribution < 1.29 is 8.42 Å². The minimum absolute atomic E-state index is 0.0293. The second kappa shape index (κ2) is 7.13. The normalized spacial score (nSPS) is 16.3. The third kappa shape index (κ3) is 4.35. The zero-order valence-electron chi connectivity index (χ0n) is 12.0. The molecule has 0 radical (unpaired) electrons. The molecule has 0 amide bonds. The fourth-order valence-electron chi connectivity index (χ4n) is 2.32. The highest BCUT2D eigenvalue weighted by molar-refractivity contribution is 7.91. The molecule has 1 aromatic rings. The molecule has 0 unspecified atom stereocenters. The van der Waals surface area contributed by atoms with Gasteiger partial charge in [-0.1, -0.05) is 11.6 Å². The summed E-state index contributed by atoms with van der Waals surface area (Å²) in [6, 6.07) is 6.25. The number of nitrogens with one attached hydrogen (secondary N) is 1. The van der Waals surface area contributed by atoms with Crippen LogP contribution in [0, 0.1) is 0 Å². The Bertz CT molecular complexity index is 593. The molecular weight excluding hydrogens is 310 g/mol. The van der Waals surface area contributed by atoms with Gasteiger partial charge in [0, 0.05) is 31.7 Å². The molecule has 0 aliphatic carbocycles. The van der Waals surface area contributed by atoms with Crippen LogP contribution in [0.3, 0.4) is 0 Å². The lowest BCUT2D eigenvalue weighted by Gasteiger charge is -2.20. The summed E-state index contributed by atoms with van der Waals surface area (Å²) >= 11 is 5.77. The van der Waals surface area contributed by atoms with Crippen molar-refractivity contribution in [1.82, 2.24) is 10.2 Å². The lowest BCUT2D eigenvalue weighted by Crippen LogP contribution is -2.41. The molecule has 1 aromatic carbocycles. The number of halogens is 1. The highest BCUT2D eigenvalue weighted by atomic mass is 35.5. The Morgan fingerprint density at radius 2 is 1.90 bits per heavy atom. The number of aliphatic imine (C=N–C) groups is 1. The van der Waals surface area contributed by atoms with Gasteiger partial charge in [0.2, 0.25) is 0 Å². The first-order chi connectivity index (χ1) is 10.0. The zero-order valence-corrected chi connectivity index (χ0v) is 13.6.